The van der Waals surface area contributed by atoms with Gasteiger partial charge < -0.3 is 18.6 Å². The molecule has 214 valence electrons. The Hall–Kier alpha value is -4.41. The number of allylic oxidation sites excluding steroid dienone is 7. The predicted molar refractivity (Wildman–Crippen MR) is 159 cm³/mol. The summed E-state index contributed by atoms with van der Waals surface area (Å²) in [7, 11) is -0.276. The fourth-order valence-electron chi connectivity index (χ4n) is 4.27. The van der Waals surface area contributed by atoms with Crippen LogP contribution in [0.3, 0.4) is 0 Å². The van der Waals surface area contributed by atoms with Crippen molar-refractivity contribution >= 4 is 27.0 Å². The van der Waals surface area contributed by atoms with Gasteiger partial charge in [0.2, 0.25) is 5.89 Å². The van der Waals surface area contributed by atoms with Crippen LogP contribution in [-0.2, 0) is 14.9 Å². The molecule has 1 aromatic heterocycles. The van der Waals surface area contributed by atoms with E-state index in [2.05, 4.69) is 11.9 Å². The molecule has 1 aliphatic carbocycles. The van der Waals surface area contributed by atoms with E-state index < -0.39 is 15.0 Å². The molecule has 0 fully saturated rings. The molecule has 9 nitrogen and oxygen atoms in total. The van der Waals surface area contributed by atoms with E-state index in [0.717, 1.165) is 28.8 Å². The van der Waals surface area contributed by atoms with Crippen molar-refractivity contribution in [2.45, 2.75) is 25.2 Å². The first-order valence-electron chi connectivity index (χ1n) is 12.9. The van der Waals surface area contributed by atoms with Gasteiger partial charge in [-0.15, -0.1) is 0 Å². The van der Waals surface area contributed by atoms with Crippen molar-refractivity contribution in [3.05, 3.63) is 95.8 Å². The number of aliphatic imine (C=N–C) groups is 1. The van der Waals surface area contributed by atoms with E-state index in [0.29, 0.717) is 17.9 Å². The molecule has 0 radical (unpaired) electrons. The Morgan fingerprint density at radius 2 is 1.78 bits per heavy atom. The van der Waals surface area contributed by atoms with Gasteiger partial charge in [-0.3, -0.25) is 9.55 Å². The molecule has 3 aromatic rings. The molecule has 0 aliphatic heterocycles. The van der Waals surface area contributed by atoms with Gasteiger partial charge >= 0.3 is 0 Å². The van der Waals surface area contributed by atoms with E-state index in [1.54, 1.807) is 7.11 Å². The van der Waals surface area contributed by atoms with Gasteiger partial charge in [-0.2, -0.15) is 8.42 Å². The minimum Gasteiger partial charge on any atom is -0.497 e. The van der Waals surface area contributed by atoms with Crippen molar-refractivity contribution < 1.29 is 31.6 Å². The highest BCUT2D eigenvalue weighted by atomic mass is 32.2. The summed E-state index contributed by atoms with van der Waals surface area (Å²) in [5.41, 5.74) is 4.39. The van der Waals surface area contributed by atoms with Gasteiger partial charge in [-0.05, 0) is 54.9 Å². The van der Waals surface area contributed by atoms with E-state index in [-0.39, 0.29) is 28.7 Å². The number of methoxy groups -OCH3 is 3. The van der Waals surface area contributed by atoms with Crippen molar-refractivity contribution in [3.8, 4) is 22.8 Å². The SMILES string of the molecule is CCC\N=C1/C=CC(OC)=C/C1=C(/C=C(\C)c1ccccc1)c1ncc(-c2cc(S(=O)(=O)O)c(OC)cc2OC)o1. The molecule has 0 saturated heterocycles. The van der Waals surface area contributed by atoms with E-state index in [1.807, 2.05) is 61.6 Å². The van der Waals surface area contributed by atoms with E-state index in [1.165, 1.54) is 32.5 Å². The van der Waals surface area contributed by atoms with Gasteiger partial charge in [0.1, 0.15) is 22.2 Å². The quantitative estimate of drug-likeness (QED) is 0.275. The Labute approximate surface area is 239 Å². The fourth-order valence-corrected chi connectivity index (χ4v) is 4.93. The average molecular weight is 577 g/mol. The van der Waals surface area contributed by atoms with Crippen LogP contribution in [0.2, 0.25) is 0 Å². The maximum absolute atomic E-state index is 12.1. The summed E-state index contributed by atoms with van der Waals surface area (Å²) in [6, 6.07) is 12.5. The lowest BCUT2D eigenvalue weighted by Crippen LogP contribution is -2.07. The highest BCUT2D eigenvalue weighted by molar-refractivity contribution is 7.86. The molecule has 1 aliphatic rings. The van der Waals surface area contributed by atoms with Crippen LogP contribution in [0, 0.1) is 0 Å². The highest BCUT2D eigenvalue weighted by Crippen LogP contribution is 2.39. The smallest absolute Gasteiger partial charge is 0.298 e. The van der Waals surface area contributed by atoms with Crippen LogP contribution < -0.4 is 9.47 Å². The summed E-state index contributed by atoms with van der Waals surface area (Å²) < 4.78 is 56.4. The van der Waals surface area contributed by atoms with Crippen molar-refractivity contribution in [1.29, 1.82) is 0 Å². The van der Waals surface area contributed by atoms with Crippen LogP contribution in [0.25, 0.3) is 22.5 Å². The summed E-state index contributed by atoms with van der Waals surface area (Å²) in [5, 5.41) is 0. The molecule has 4 rings (SSSR count). The van der Waals surface area contributed by atoms with Crippen molar-refractivity contribution in [1.82, 2.24) is 4.98 Å². The van der Waals surface area contributed by atoms with E-state index >= 15 is 0 Å². The Kier molecular flexibility index (Phi) is 9.26. The standard InChI is InChI=1S/C31H32N2O7S/c1-6-14-32-26-13-12-22(37-3)16-23(26)24(15-20(2)21-10-8-7-9-11-21)31-33-19-29(40-31)25-17-30(41(34,35)36)28(39-5)18-27(25)38-4/h7-13,15-19H,6,14H2,1-5H3,(H,34,35,36)/b20-15+,24-23+,32-26+. The fraction of sp³-hybridized carbons (Fsp3) is 0.226. The third-order valence-electron chi connectivity index (χ3n) is 6.35. The second-order valence-corrected chi connectivity index (χ2v) is 10.5. The average Bonchev–Trinajstić information content (AvgIpc) is 3.47. The normalized spacial score (nSPS) is 16.0. The molecule has 0 saturated carbocycles. The van der Waals surface area contributed by atoms with Gasteiger partial charge in [0.05, 0.1) is 38.8 Å². The Bertz CT molecular complexity index is 1680. The summed E-state index contributed by atoms with van der Waals surface area (Å²) in [4.78, 5) is 8.92. The van der Waals surface area contributed by atoms with Gasteiger partial charge in [-0.25, -0.2) is 4.98 Å². The number of hydrogen-bond acceptors (Lipinski definition) is 8. The van der Waals surface area contributed by atoms with Gasteiger partial charge in [0.25, 0.3) is 10.1 Å². The van der Waals surface area contributed by atoms with Gasteiger partial charge in [0, 0.05) is 23.8 Å². The highest BCUT2D eigenvalue weighted by Gasteiger charge is 2.24. The molecular weight excluding hydrogens is 544 g/mol. The first-order chi connectivity index (χ1) is 19.7. The van der Waals surface area contributed by atoms with Crippen LogP contribution in [0.15, 0.2) is 98.6 Å². The molecule has 0 bridgehead atoms. The van der Waals surface area contributed by atoms with Crippen molar-refractivity contribution in [3.63, 3.8) is 0 Å². The minimum absolute atomic E-state index is 0.0694. The Balaban J connectivity index is 1.96. The molecule has 1 heterocycles. The molecule has 41 heavy (non-hydrogen) atoms. The van der Waals surface area contributed by atoms with Crippen LogP contribution in [0.1, 0.15) is 31.7 Å². The molecule has 0 unspecified atom stereocenters. The number of aromatic nitrogens is 1. The largest absolute Gasteiger partial charge is 0.497 e. The molecule has 0 amide bonds. The number of rotatable bonds is 10. The first kappa shape index (κ1) is 29.6. The molecular formula is C31H32N2O7S. The van der Waals surface area contributed by atoms with Crippen LogP contribution in [0.5, 0.6) is 11.5 Å². The Morgan fingerprint density at radius 1 is 1.05 bits per heavy atom. The summed E-state index contributed by atoms with van der Waals surface area (Å²) in [6.45, 7) is 4.68. The zero-order valence-corrected chi connectivity index (χ0v) is 24.4. The monoisotopic (exact) mass is 576 g/mol. The summed E-state index contributed by atoms with van der Waals surface area (Å²) >= 11 is 0. The van der Waals surface area contributed by atoms with Crippen LogP contribution in [0.4, 0.5) is 0 Å². The molecule has 0 atom stereocenters. The lowest BCUT2D eigenvalue weighted by molar-refractivity contribution is 0.306. The van der Waals surface area contributed by atoms with Crippen molar-refractivity contribution in [2.24, 2.45) is 4.99 Å². The maximum Gasteiger partial charge on any atom is 0.298 e. The first-order valence-corrected chi connectivity index (χ1v) is 14.3. The zero-order valence-electron chi connectivity index (χ0n) is 23.5. The van der Waals surface area contributed by atoms with E-state index in [4.69, 9.17) is 23.6 Å². The number of nitrogens with zero attached hydrogens (tertiary/aromatic N) is 2. The van der Waals surface area contributed by atoms with E-state index in [9.17, 15) is 13.0 Å². The third kappa shape index (κ3) is 6.67. The number of benzene rings is 2. The minimum atomic E-state index is -4.61. The maximum atomic E-state index is 12.1. The summed E-state index contributed by atoms with van der Waals surface area (Å²) in [6.07, 6.45) is 9.94. The lowest BCUT2D eigenvalue weighted by Gasteiger charge is -2.15. The number of ether oxygens (including phenoxy) is 3. The molecule has 2 aromatic carbocycles. The Morgan fingerprint density at radius 3 is 2.41 bits per heavy atom. The van der Waals surface area contributed by atoms with Crippen molar-refractivity contribution in [2.75, 3.05) is 27.9 Å². The van der Waals surface area contributed by atoms with Gasteiger partial charge in [-0.1, -0.05) is 37.3 Å². The zero-order chi connectivity index (χ0) is 29.6. The van der Waals surface area contributed by atoms with Crippen LogP contribution >= 0.6 is 0 Å². The predicted octanol–water partition coefficient (Wildman–Crippen LogP) is 6.41. The second-order valence-electron chi connectivity index (χ2n) is 9.08. The van der Waals surface area contributed by atoms with Gasteiger partial charge in [0.15, 0.2) is 5.76 Å². The molecule has 1 N–H and O–H groups in total. The third-order valence-corrected chi connectivity index (χ3v) is 7.23. The second kappa shape index (κ2) is 12.8. The number of oxazole rings is 1. The topological polar surface area (TPSA) is 120 Å². The van der Waals surface area contributed by atoms with Crippen LogP contribution in [-0.4, -0.2) is 51.5 Å². The molecule has 10 heteroatoms. The lowest BCUT2D eigenvalue weighted by atomic mass is 9.95. The summed E-state index contributed by atoms with van der Waals surface area (Å²) in [5.74, 6) is 1.33. The molecule has 0 spiro atoms. The number of hydrogen-bond donors (Lipinski definition) is 1.